The normalized spacial score (nSPS) is 15.8. The van der Waals surface area contributed by atoms with Gasteiger partial charge in [-0.15, -0.1) is 0 Å². The molecular formula is C22H22ClN5O4. The summed E-state index contributed by atoms with van der Waals surface area (Å²) in [6.07, 6.45) is 3.71. The first kappa shape index (κ1) is 21.6. The fraction of sp³-hybridized carbons (Fsp3) is 0.273. The minimum atomic E-state index is -0.316. The Labute approximate surface area is 189 Å². The molecule has 3 heterocycles. The monoisotopic (exact) mass is 455 g/mol. The first-order valence-electron chi connectivity index (χ1n) is 10.2. The summed E-state index contributed by atoms with van der Waals surface area (Å²) < 4.78 is 7.27. The predicted molar refractivity (Wildman–Crippen MR) is 118 cm³/mol. The molecule has 0 bridgehead atoms. The van der Waals surface area contributed by atoms with Crippen molar-refractivity contribution in [3.63, 3.8) is 0 Å². The number of benzene rings is 1. The second-order valence-corrected chi connectivity index (χ2v) is 7.70. The average Bonchev–Trinajstić information content (AvgIpc) is 3.22. The van der Waals surface area contributed by atoms with E-state index in [1.807, 2.05) is 12.1 Å². The number of carbonyl (C=O) groups is 3. The Bertz CT molecular complexity index is 1160. The number of nitrogens with zero attached hydrogens (tertiary/aromatic N) is 3. The molecule has 1 aliphatic heterocycles. The lowest BCUT2D eigenvalue weighted by atomic mass is 10.2. The molecule has 0 aliphatic carbocycles. The number of hydrogen-bond donors (Lipinski definition) is 2. The van der Waals surface area contributed by atoms with E-state index < -0.39 is 0 Å². The third kappa shape index (κ3) is 4.83. The van der Waals surface area contributed by atoms with Crippen molar-refractivity contribution in [1.82, 2.24) is 25.1 Å². The minimum Gasteiger partial charge on any atom is -0.491 e. The summed E-state index contributed by atoms with van der Waals surface area (Å²) in [7, 11) is 0. The van der Waals surface area contributed by atoms with E-state index >= 15 is 0 Å². The van der Waals surface area contributed by atoms with Crippen molar-refractivity contribution in [3.8, 4) is 5.75 Å². The summed E-state index contributed by atoms with van der Waals surface area (Å²) in [4.78, 5) is 39.7. The van der Waals surface area contributed by atoms with Crippen LogP contribution in [-0.2, 0) is 4.79 Å². The molecule has 0 saturated heterocycles. The number of rotatable bonds is 1. The van der Waals surface area contributed by atoms with E-state index in [4.69, 9.17) is 16.3 Å². The first-order valence-corrected chi connectivity index (χ1v) is 10.6. The molecule has 1 aliphatic rings. The molecule has 166 valence electrons. The van der Waals surface area contributed by atoms with Crippen LogP contribution in [0.25, 0.3) is 5.52 Å². The van der Waals surface area contributed by atoms with Gasteiger partial charge in [0, 0.05) is 24.3 Å². The van der Waals surface area contributed by atoms with Crippen LogP contribution in [0.4, 0.5) is 0 Å². The Kier molecular flexibility index (Phi) is 6.55. The zero-order valence-corrected chi connectivity index (χ0v) is 18.0. The van der Waals surface area contributed by atoms with Gasteiger partial charge in [0.1, 0.15) is 12.4 Å². The van der Waals surface area contributed by atoms with Crippen LogP contribution in [0.3, 0.4) is 0 Å². The van der Waals surface area contributed by atoms with Crippen molar-refractivity contribution in [2.24, 2.45) is 0 Å². The average molecular weight is 456 g/mol. The Hall–Kier alpha value is -3.59. The third-order valence-electron chi connectivity index (χ3n) is 5.04. The molecule has 32 heavy (non-hydrogen) atoms. The van der Waals surface area contributed by atoms with Gasteiger partial charge in [0.2, 0.25) is 5.91 Å². The molecule has 0 radical (unpaired) electrons. The summed E-state index contributed by atoms with van der Waals surface area (Å²) in [6, 6.07) is 10.2. The molecule has 0 atom stereocenters. The van der Waals surface area contributed by atoms with E-state index in [1.165, 1.54) is 17.2 Å². The highest BCUT2D eigenvalue weighted by molar-refractivity contribution is 6.31. The fourth-order valence-corrected chi connectivity index (χ4v) is 3.65. The molecule has 0 saturated carbocycles. The number of ether oxygens (including phenoxy) is 1. The lowest BCUT2D eigenvalue weighted by molar-refractivity contribution is -0.121. The topological polar surface area (TPSA) is 105 Å². The summed E-state index contributed by atoms with van der Waals surface area (Å²) >= 11 is 6.03. The van der Waals surface area contributed by atoms with Gasteiger partial charge in [-0.1, -0.05) is 17.7 Å². The van der Waals surface area contributed by atoms with Crippen LogP contribution in [0.15, 0.2) is 48.8 Å². The number of amides is 3. The molecule has 2 aromatic heterocycles. The molecule has 3 amide bonds. The van der Waals surface area contributed by atoms with Crippen LogP contribution < -0.4 is 15.4 Å². The van der Waals surface area contributed by atoms with Crippen LogP contribution >= 0.6 is 11.6 Å². The number of nitrogens with one attached hydrogen (secondary N) is 2. The van der Waals surface area contributed by atoms with Gasteiger partial charge < -0.3 is 20.3 Å². The van der Waals surface area contributed by atoms with E-state index in [0.29, 0.717) is 40.4 Å². The van der Waals surface area contributed by atoms with Crippen molar-refractivity contribution in [1.29, 1.82) is 0 Å². The first-order chi connectivity index (χ1) is 15.5. The maximum Gasteiger partial charge on any atom is 0.258 e. The number of fused-ring (bicyclic) bond motifs is 2. The SMILES string of the molecule is O=C1CN(C(=O)c2cnn3ccccc23)CCCNC(=O)c2cc(Cl)ccc2OCCN1. The van der Waals surface area contributed by atoms with Crippen molar-refractivity contribution >= 4 is 34.8 Å². The van der Waals surface area contributed by atoms with Crippen LogP contribution in [-0.4, -0.2) is 65.0 Å². The van der Waals surface area contributed by atoms with E-state index in [1.54, 1.807) is 28.9 Å². The number of carbonyl (C=O) groups excluding carboxylic acids is 3. The zero-order valence-electron chi connectivity index (χ0n) is 17.2. The lowest BCUT2D eigenvalue weighted by Crippen LogP contribution is -2.43. The molecule has 1 aromatic carbocycles. The van der Waals surface area contributed by atoms with Crippen LogP contribution in [0.5, 0.6) is 5.75 Å². The maximum atomic E-state index is 13.2. The molecular weight excluding hydrogens is 434 g/mol. The van der Waals surface area contributed by atoms with Crippen molar-refractivity contribution in [3.05, 3.63) is 64.9 Å². The van der Waals surface area contributed by atoms with Crippen molar-refractivity contribution in [2.75, 3.05) is 32.8 Å². The molecule has 3 aromatic rings. The summed E-state index contributed by atoms with van der Waals surface area (Å²) in [5.74, 6) is -0.517. The van der Waals surface area contributed by atoms with E-state index in [0.717, 1.165) is 0 Å². The smallest absolute Gasteiger partial charge is 0.258 e. The summed E-state index contributed by atoms with van der Waals surface area (Å²) in [5.41, 5.74) is 1.39. The highest BCUT2D eigenvalue weighted by Gasteiger charge is 2.22. The van der Waals surface area contributed by atoms with E-state index in [-0.39, 0.29) is 44.0 Å². The van der Waals surface area contributed by atoms with Crippen LogP contribution in [0.2, 0.25) is 5.02 Å². The number of aromatic nitrogens is 2. The lowest BCUT2D eigenvalue weighted by Gasteiger charge is -2.22. The van der Waals surface area contributed by atoms with E-state index in [2.05, 4.69) is 15.7 Å². The Morgan fingerprint density at radius 1 is 1.12 bits per heavy atom. The van der Waals surface area contributed by atoms with Gasteiger partial charge in [0.25, 0.3) is 11.8 Å². The number of hydrogen-bond acceptors (Lipinski definition) is 5. The molecule has 10 heteroatoms. The van der Waals surface area contributed by atoms with Crippen LogP contribution in [0, 0.1) is 0 Å². The Morgan fingerprint density at radius 2 is 2.00 bits per heavy atom. The van der Waals surface area contributed by atoms with E-state index in [9.17, 15) is 14.4 Å². The highest BCUT2D eigenvalue weighted by Crippen LogP contribution is 2.23. The fourth-order valence-electron chi connectivity index (χ4n) is 3.48. The van der Waals surface area contributed by atoms with Crippen molar-refractivity contribution in [2.45, 2.75) is 6.42 Å². The second-order valence-electron chi connectivity index (χ2n) is 7.26. The highest BCUT2D eigenvalue weighted by atomic mass is 35.5. The van der Waals surface area contributed by atoms with Gasteiger partial charge in [-0.05, 0) is 36.8 Å². The molecule has 0 fully saturated rings. The van der Waals surface area contributed by atoms with Gasteiger partial charge in [0.15, 0.2) is 0 Å². The third-order valence-corrected chi connectivity index (χ3v) is 5.27. The maximum absolute atomic E-state index is 13.2. The predicted octanol–water partition coefficient (Wildman–Crippen LogP) is 1.76. The van der Waals surface area contributed by atoms with Gasteiger partial charge in [0.05, 0.1) is 35.9 Å². The van der Waals surface area contributed by atoms with Crippen molar-refractivity contribution < 1.29 is 19.1 Å². The quantitative estimate of drug-likeness (QED) is 0.581. The van der Waals surface area contributed by atoms with Gasteiger partial charge in [-0.25, -0.2) is 4.52 Å². The minimum absolute atomic E-state index is 0.108. The molecule has 0 spiro atoms. The molecule has 0 unspecified atom stereocenters. The van der Waals surface area contributed by atoms with Crippen LogP contribution in [0.1, 0.15) is 27.1 Å². The largest absolute Gasteiger partial charge is 0.491 e. The standard InChI is InChI=1S/C22H22ClN5O4/c23-15-5-6-19-16(12-15)21(30)25-7-3-9-27(14-20(29)24-8-11-32-19)22(31)17-13-26-28-10-2-1-4-18(17)28/h1-2,4-6,10,12-13H,3,7-9,11,14H2,(H,24,29)(H,25,30). The number of halogens is 1. The Morgan fingerprint density at radius 3 is 2.88 bits per heavy atom. The molecule has 9 nitrogen and oxygen atoms in total. The molecule has 2 N–H and O–H groups in total. The van der Waals surface area contributed by atoms with Gasteiger partial charge >= 0.3 is 0 Å². The number of pyridine rings is 1. The molecule has 4 rings (SSSR count). The van der Waals surface area contributed by atoms with Gasteiger partial charge in [-0.2, -0.15) is 5.10 Å². The zero-order chi connectivity index (χ0) is 22.5. The second kappa shape index (κ2) is 9.69. The van der Waals surface area contributed by atoms with Gasteiger partial charge in [-0.3, -0.25) is 14.4 Å². The Balaban J connectivity index is 1.52. The summed E-state index contributed by atoms with van der Waals surface area (Å²) in [5, 5.41) is 10.2. The summed E-state index contributed by atoms with van der Waals surface area (Å²) in [6.45, 7) is 0.876.